The molecule has 1 amide bonds. The molecule has 1 fully saturated rings. The van der Waals surface area contributed by atoms with E-state index < -0.39 is 11.6 Å². The molecule has 0 radical (unpaired) electrons. The van der Waals surface area contributed by atoms with Crippen molar-refractivity contribution in [1.82, 2.24) is 10.6 Å². The topological polar surface area (TPSA) is 50.4 Å². The summed E-state index contributed by atoms with van der Waals surface area (Å²) in [5, 5.41) is 5.77. The van der Waals surface area contributed by atoms with Gasteiger partial charge in [0.1, 0.15) is 5.82 Å². The van der Waals surface area contributed by atoms with Crippen molar-refractivity contribution in [3.63, 3.8) is 0 Å². The van der Waals surface area contributed by atoms with Gasteiger partial charge in [0.15, 0.2) is 18.2 Å². The lowest BCUT2D eigenvalue weighted by molar-refractivity contribution is -0.123. The van der Waals surface area contributed by atoms with E-state index in [1.807, 2.05) is 0 Å². The Bertz CT molecular complexity index is 436. The average Bonchev–Trinajstić information content (AvgIpc) is 2.25. The molecule has 0 saturated carbocycles. The molecule has 1 aliphatic heterocycles. The Morgan fingerprint density at radius 1 is 1.44 bits per heavy atom. The number of nitrogens with one attached hydrogen (secondary N) is 2. The molecule has 1 heterocycles. The minimum absolute atomic E-state index is 0.128. The van der Waals surface area contributed by atoms with Crippen molar-refractivity contribution < 1.29 is 18.3 Å². The van der Waals surface area contributed by atoms with E-state index in [0.717, 1.165) is 25.2 Å². The third-order valence-electron chi connectivity index (χ3n) is 2.71. The normalized spacial score (nSPS) is 15.0. The Morgan fingerprint density at radius 2 is 2.22 bits per heavy atom. The first-order chi connectivity index (χ1) is 8.65. The fourth-order valence-electron chi connectivity index (χ4n) is 1.54. The van der Waals surface area contributed by atoms with Crippen LogP contribution in [0.1, 0.15) is 0 Å². The Morgan fingerprint density at radius 3 is 2.83 bits per heavy atom. The number of carbonyl (C=O) groups excluding carboxylic acids is 1. The molecule has 0 bridgehead atoms. The van der Waals surface area contributed by atoms with Crippen molar-refractivity contribution in [2.45, 2.75) is 0 Å². The van der Waals surface area contributed by atoms with Gasteiger partial charge < -0.3 is 15.4 Å². The van der Waals surface area contributed by atoms with Gasteiger partial charge in [-0.25, -0.2) is 8.78 Å². The highest BCUT2D eigenvalue weighted by Gasteiger charge is 2.17. The van der Waals surface area contributed by atoms with E-state index in [0.29, 0.717) is 18.5 Å². The second-order valence-electron chi connectivity index (χ2n) is 4.19. The number of hydrogen-bond acceptors (Lipinski definition) is 3. The van der Waals surface area contributed by atoms with Crippen molar-refractivity contribution in [1.29, 1.82) is 0 Å². The number of amides is 1. The van der Waals surface area contributed by atoms with E-state index in [2.05, 4.69) is 10.6 Å². The van der Waals surface area contributed by atoms with Gasteiger partial charge >= 0.3 is 0 Å². The van der Waals surface area contributed by atoms with Crippen molar-refractivity contribution in [3.8, 4) is 5.75 Å². The monoisotopic (exact) mass is 256 g/mol. The molecule has 1 saturated heterocycles. The van der Waals surface area contributed by atoms with Gasteiger partial charge in [0.05, 0.1) is 0 Å². The fraction of sp³-hybridized carbons (Fsp3) is 0.417. The van der Waals surface area contributed by atoms with Crippen molar-refractivity contribution >= 4 is 5.91 Å². The number of halogens is 2. The summed E-state index contributed by atoms with van der Waals surface area (Å²) in [6, 6.07) is 2.96. The van der Waals surface area contributed by atoms with Crippen LogP contribution < -0.4 is 15.4 Å². The molecule has 0 unspecified atom stereocenters. The quantitative estimate of drug-likeness (QED) is 0.814. The molecule has 1 aromatic rings. The predicted octanol–water partition coefficient (Wildman–Crippen LogP) is 0.679. The number of benzene rings is 1. The molecule has 2 rings (SSSR count). The SMILES string of the molecule is O=C(COc1ccc(F)cc1F)NCC1CNC1. The van der Waals surface area contributed by atoms with E-state index in [9.17, 15) is 13.6 Å². The lowest BCUT2D eigenvalue weighted by Gasteiger charge is -2.27. The molecule has 98 valence electrons. The third-order valence-corrected chi connectivity index (χ3v) is 2.71. The zero-order chi connectivity index (χ0) is 13.0. The molecule has 0 atom stereocenters. The largest absolute Gasteiger partial charge is 0.481 e. The minimum Gasteiger partial charge on any atom is -0.481 e. The molecule has 0 aliphatic carbocycles. The van der Waals surface area contributed by atoms with E-state index in [4.69, 9.17) is 4.74 Å². The van der Waals surface area contributed by atoms with Crippen LogP contribution in [0, 0.1) is 17.6 Å². The number of hydrogen-bond donors (Lipinski definition) is 2. The van der Waals surface area contributed by atoms with Crippen LogP contribution in [0.3, 0.4) is 0 Å². The Labute approximate surface area is 103 Å². The van der Waals surface area contributed by atoms with Gasteiger partial charge in [0.25, 0.3) is 5.91 Å². The number of rotatable bonds is 5. The molecule has 2 N–H and O–H groups in total. The van der Waals surface area contributed by atoms with Gasteiger partial charge in [-0.05, 0) is 12.1 Å². The van der Waals surface area contributed by atoms with Crippen molar-refractivity contribution in [2.24, 2.45) is 5.92 Å². The van der Waals surface area contributed by atoms with Crippen molar-refractivity contribution in [3.05, 3.63) is 29.8 Å². The van der Waals surface area contributed by atoms with E-state index in [1.54, 1.807) is 0 Å². The average molecular weight is 256 g/mol. The van der Waals surface area contributed by atoms with Crippen LogP contribution in [0.5, 0.6) is 5.75 Å². The lowest BCUT2D eigenvalue weighted by atomic mass is 10.0. The molecule has 4 nitrogen and oxygen atoms in total. The maximum atomic E-state index is 13.2. The van der Waals surface area contributed by atoms with Crippen LogP contribution in [-0.2, 0) is 4.79 Å². The maximum Gasteiger partial charge on any atom is 0.257 e. The maximum absolute atomic E-state index is 13.2. The summed E-state index contributed by atoms with van der Waals surface area (Å²) in [6.45, 7) is 2.10. The van der Waals surface area contributed by atoms with Gasteiger partial charge in [0.2, 0.25) is 0 Å². The molecule has 0 spiro atoms. The van der Waals surface area contributed by atoms with Crippen LogP contribution in [0.4, 0.5) is 8.78 Å². The number of ether oxygens (including phenoxy) is 1. The Hall–Kier alpha value is -1.69. The second kappa shape index (κ2) is 5.77. The van der Waals surface area contributed by atoms with Gasteiger partial charge in [0, 0.05) is 31.6 Å². The Balaban J connectivity index is 1.74. The van der Waals surface area contributed by atoms with Crippen molar-refractivity contribution in [2.75, 3.05) is 26.2 Å². The fourth-order valence-corrected chi connectivity index (χ4v) is 1.54. The molecule has 1 aromatic carbocycles. The van der Waals surface area contributed by atoms with Crippen LogP contribution in [-0.4, -0.2) is 32.1 Å². The first kappa shape index (κ1) is 12.8. The predicted molar refractivity (Wildman–Crippen MR) is 61.2 cm³/mol. The van der Waals surface area contributed by atoms with E-state index in [1.165, 1.54) is 0 Å². The molecular formula is C12H14F2N2O2. The molecule has 1 aliphatic rings. The number of carbonyl (C=O) groups is 1. The van der Waals surface area contributed by atoms with Gasteiger partial charge in [-0.3, -0.25) is 4.79 Å². The van der Waals surface area contributed by atoms with Gasteiger partial charge in [-0.1, -0.05) is 0 Å². The zero-order valence-corrected chi connectivity index (χ0v) is 9.71. The summed E-state index contributed by atoms with van der Waals surface area (Å²) in [5.74, 6) is -1.48. The molecule has 6 heteroatoms. The summed E-state index contributed by atoms with van der Waals surface area (Å²) in [7, 11) is 0. The van der Waals surface area contributed by atoms with Crippen LogP contribution in [0.2, 0.25) is 0 Å². The smallest absolute Gasteiger partial charge is 0.257 e. The lowest BCUT2D eigenvalue weighted by Crippen LogP contribution is -2.48. The standard InChI is InChI=1S/C12H14F2N2O2/c13-9-1-2-11(10(14)3-9)18-7-12(17)16-6-8-4-15-5-8/h1-3,8,15H,4-7H2,(H,16,17). The zero-order valence-electron chi connectivity index (χ0n) is 9.71. The Kier molecular flexibility index (Phi) is 4.09. The highest BCUT2D eigenvalue weighted by Crippen LogP contribution is 2.17. The first-order valence-corrected chi connectivity index (χ1v) is 5.70. The van der Waals surface area contributed by atoms with Gasteiger partial charge in [-0.15, -0.1) is 0 Å². The summed E-state index contributed by atoms with van der Waals surface area (Å²) in [4.78, 5) is 11.4. The first-order valence-electron chi connectivity index (χ1n) is 5.70. The highest BCUT2D eigenvalue weighted by atomic mass is 19.1. The third kappa shape index (κ3) is 3.40. The summed E-state index contributed by atoms with van der Waals surface area (Å²) < 4.78 is 30.8. The molecule has 0 aromatic heterocycles. The molecule has 18 heavy (non-hydrogen) atoms. The summed E-state index contributed by atoms with van der Waals surface area (Å²) in [5.41, 5.74) is 0. The highest BCUT2D eigenvalue weighted by molar-refractivity contribution is 5.77. The second-order valence-corrected chi connectivity index (χ2v) is 4.19. The van der Waals surface area contributed by atoms with E-state index >= 15 is 0 Å². The van der Waals surface area contributed by atoms with E-state index in [-0.39, 0.29) is 18.3 Å². The van der Waals surface area contributed by atoms with Crippen LogP contribution >= 0.6 is 0 Å². The summed E-state index contributed by atoms with van der Waals surface area (Å²) >= 11 is 0. The summed E-state index contributed by atoms with van der Waals surface area (Å²) in [6.07, 6.45) is 0. The van der Waals surface area contributed by atoms with Crippen LogP contribution in [0.15, 0.2) is 18.2 Å². The molecular weight excluding hydrogens is 242 g/mol. The minimum atomic E-state index is -0.814. The van der Waals surface area contributed by atoms with Crippen LogP contribution in [0.25, 0.3) is 0 Å². The van der Waals surface area contributed by atoms with Gasteiger partial charge in [-0.2, -0.15) is 0 Å².